The van der Waals surface area contributed by atoms with E-state index in [-0.39, 0.29) is 37.1 Å². The van der Waals surface area contributed by atoms with Crippen molar-refractivity contribution in [3.05, 3.63) is 29.8 Å². The molecule has 19 heavy (non-hydrogen) atoms. The Morgan fingerprint density at radius 2 is 2.16 bits per heavy atom. The SMILES string of the molecule is O=S(=O)(c1ccccc1CCl)N1CCOC(CO)C1. The van der Waals surface area contributed by atoms with Crippen molar-refractivity contribution >= 4 is 21.6 Å². The molecule has 7 heteroatoms. The minimum absolute atomic E-state index is 0.142. The van der Waals surface area contributed by atoms with E-state index in [1.54, 1.807) is 24.3 Å². The Bertz CT molecular complexity index is 534. The molecule has 0 radical (unpaired) electrons. The highest BCUT2D eigenvalue weighted by Gasteiger charge is 2.31. The van der Waals surface area contributed by atoms with Gasteiger partial charge in [-0.2, -0.15) is 4.31 Å². The zero-order valence-corrected chi connectivity index (χ0v) is 11.9. The second-order valence-corrected chi connectivity index (χ2v) is 6.45. The lowest BCUT2D eigenvalue weighted by Gasteiger charge is -2.31. The van der Waals surface area contributed by atoms with Crippen molar-refractivity contribution in [1.82, 2.24) is 4.31 Å². The average molecular weight is 306 g/mol. The van der Waals surface area contributed by atoms with Crippen LogP contribution in [0, 0.1) is 0 Å². The molecule has 1 aromatic carbocycles. The van der Waals surface area contributed by atoms with E-state index in [2.05, 4.69) is 0 Å². The van der Waals surface area contributed by atoms with Gasteiger partial charge in [-0.1, -0.05) is 18.2 Å². The summed E-state index contributed by atoms with van der Waals surface area (Å²) in [6, 6.07) is 6.68. The quantitative estimate of drug-likeness (QED) is 0.836. The second-order valence-electron chi connectivity index (χ2n) is 4.28. The first kappa shape index (κ1) is 14.7. The molecular formula is C12H16ClNO4S. The third kappa shape index (κ3) is 3.09. The summed E-state index contributed by atoms with van der Waals surface area (Å²) in [5, 5.41) is 9.08. The molecule has 1 heterocycles. The van der Waals surface area contributed by atoms with Crippen LogP contribution in [-0.4, -0.2) is 50.2 Å². The Balaban J connectivity index is 2.31. The van der Waals surface area contributed by atoms with Crippen molar-refractivity contribution in [3.8, 4) is 0 Å². The van der Waals surface area contributed by atoms with E-state index in [4.69, 9.17) is 21.4 Å². The van der Waals surface area contributed by atoms with Gasteiger partial charge in [0.05, 0.1) is 24.2 Å². The molecule has 2 rings (SSSR count). The number of nitrogens with zero attached hydrogens (tertiary/aromatic N) is 1. The number of morpholine rings is 1. The normalized spacial score (nSPS) is 21.5. The summed E-state index contributed by atoms with van der Waals surface area (Å²) in [6.07, 6.45) is -0.466. The number of halogens is 1. The van der Waals surface area contributed by atoms with Crippen LogP contribution >= 0.6 is 11.6 Å². The van der Waals surface area contributed by atoms with Crippen molar-refractivity contribution in [3.63, 3.8) is 0 Å². The summed E-state index contributed by atoms with van der Waals surface area (Å²) in [5.41, 5.74) is 0.580. The molecule has 0 aromatic heterocycles. The lowest BCUT2D eigenvalue weighted by Crippen LogP contribution is -2.46. The van der Waals surface area contributed by atoms with Crippen molar-refractivity contribution < 1.29 is 18.3 Å². The molecule has 1 N–H and O–H groups in total. The van der Waals surface area contributed by atoms with Crippen LogP contribution in [-0.2, 0) is 20.6 Å². The molecule has 1 aromatic rings. The number of sulfonamides is 1. The van der Waals surface area contributed by atoms with Crippen LogP contribution in [0.3, 0.4) is 0 Å². The zero-order valence-electron chi connectivity index (χ0n) is 10.3. The molecule has 1 saturated heterocycles. The van der Waals surface area contributed by atoms with E-state index in [9.17, 15) is 8.42 Å². The van der Waals surface area contributed by atoms with Crippen molar-refractivity contribution in [2.24, 2.45) is 0 Å². The molecule has 0 spiro atoms. The fourth-order valence-electron chi connectivity index (χ4n) is 2.03. The van der Waals surface area contributed by atoms with Gasteiger partial charge < -0.3 is 9.84 Å². The Hall–Kier alpha value is -0.660. The molecule has 0 bridgehead atoms. The number of aliphatic hydroxyl groups excluding tert-OH is 1. The molecular weight excluding hydrogens is 290 g/mol. The standard InChI is InChI=1S/C12H16ClNO4S/c13-7-10-3-1-2-4-12(10)19(16,17)14-5-6-18-11(8-14)9-15/h1-4,11,15H,5-9H2. The highest BCUT2D eigenvalue weighted by Crippen LogP contribution is 2.23. The van der Waals surface area contributed by atoms with Crippen molar-refractivity contribution in [1.29, 1.82) is 0 Å². The summed E-state index contributed by atoms with van der Waals surface area (Å²) in [5.74, 6) is 0.142. The minimum atomic E-state index is -3.59. The van der Waals surface area contributed by atoms with Gasteiger partial charge in [-0.05, 0) is 11.6 Å². The number of hydrogen-bond acceptors (Lipinski definition) is 4. The topological polar surface area (TPSA) is 66.8 Å². The third-order valence-electron chi connectivity index (χ3n) is 3.04. The Morgan fingerprint density at radius 1 is 1.42 bits per heavy atom. The van der Waals surface area contributed by atoms with Crippen molar-refractivity contribution in [2.45, 2.75) is 16.9 Å². The van der Waals surface area contributed by atoms with Gasteiger partial charge in [0.15, 0.2) is 0 Å². The van der Waals surface area contributed by atoms with Gasteiger partial charge in [-0.3, -0.25) is 0 Å². The van der Waals surface area contributed by atoms with E-state index in [1.807, 2.05) is 0 Å². The van der Waals surface area contributed by atoms with E-state index >= 15 is 0 Å². The lowest BCUT2D eigenvalue weighted by atomic mass is 10.2. The van der Waals surface area contributed by atoms with Gasteiger partial charge >= 0.3 is 0 Å². The molecule has 1 atom stereocenters. The van der Waals surface area contributed by atoms with E-state index in [0.717, 1.165) is 0 Å². The number of rotatable bonds is 4. The molecule has 1 unspecified atom stereocenters. The van der Waals surface area contributed by atoms with Crippen LogP contribution in [0.15, 0.2) is 29.2 Å². The first-order valence-electron chi connectivity index (χ1n) is 5.96. The van der Waals surface area contributed by atoms with Gasteiger partial charge in [0.2, 0.25) is 10.0 Å². The van der Waals surface area contributed by atoms with Gasteiger partial charge in [0.25, 0.3) is 0 Å². The van der Waals surface area contributed by atoms with Crippen LogP contribution < -0.4 is 0 Å². The zero-order chi connectivity index (χ0) is 13.9. The molecule has 0 amide bonds. The van der Waals surface area contributed by atoms with Gasteiger partial charge in [-0.25, -0.2) is 8.42 Å². The Kier molecular flexibility index (Phi) is 4.81. The van der Waals surface area contributed by atoms with Crippen LogP contribution in [0.2, 0.25) is 0 Å². The van der Waals surface area contributed by atoms with Crippen LogP contribution in [0.25, 0.3) is 0 Å². The van der Waals surface area contributed by atoms with Crippen molar-refractivity contribution in [2.75, 3.05) is 26.3 Å². The van der Waals surface area contributed by atoms with Crippen LogP contribution in [0.4, 0.5) is 0 Å². The average Bonchev–Trinajstić information content (AvgIpc) is 2.47. The van der Waals surface area contributed by atoms with E-state index < -0.39 is 16.1 Å². The summed E-state index contributed by atoms with van der Waals surface area (Å²) in [6.45, 7) is 0.543. The molecule has 106 valence electrons. The first-order chi connectivity index (χ1) is 9.09. The van der Waals surface area contributed by atoms with E-state index in [0.29, 0.717) is 5.56 Å². The molecule has 0 saturated carbocycles. The summed E-state index contributed by atoms with van der Waals surface area (Å²) >= 11 is 5.79. The smallest absolute Gasteiger partial charge is 0.243 e. The number of aliphatic hydroxyl groups is 1. The molecule has 5 nitrogen and oxygen atoms in total. The third-order valence-corrected chi connectivity index (χ3v) is 5.29. The number of benzene rings is 1. The number of ether oxygens (including phenoxy) is 1. The number of alkyl halides is 1. The maximum Gasteiger partial charge on any atom is 0.243 e. The minimum Gasteiger partial charge on any atom is -0.394 e. The van der Waals surface area contributed by atoms with E-state index in [1.165, 1.54) is 4.31 Å². The molecule has 1 aliphatic rings. The number of hydrogen-bond donors (Lipinski definition) is 1. The van der Waals surface area contributed by atoms with Crippen LogP contribution in [0.1, 0.15) is 5.56 Å². The highest BCUT2D eigenvalue weighted by molar-refractivity contribution is 7.89. The van der Waals surface area contributed by atoms with Crippen LogP contribution in [0.5, 0.6) is 0 Å². The Morgan fingerprint density at radius 3 is 2.84 bits per heavy atom. The first-order valence-corrected chi connectivity index (χ1v) is 7.93. The molecule has 0 aliphatic carbocycles. The maximum atomic E-state index is 12.6. The Labute approximate surface area is 117 Å². The monoisotopic (exact) mass is 305 g/mol. The summed E-state index contributed by atoms with van der Waals surface area (Å²) < 4.78 is 31.7. The fraction of sp³-hybridized carbons (Fsp3) is 0.500. The summed E-state index contributed by atoms with van der Waals surface area (Å²) in [7, 11) is -3.59. The van der Waals surface area contributed by atoms with Gasteiger partial charge in [0, 0.05) is 19.0 Å². The maximum absolute atomic E-state index is 12.6. The molecule has 1 aliphatic heterocycles. The van der Waals surface area contributed by atoms with Gasteiger partial charge in [-0.15, -0.1) is 11.6 Å². The van der Waals surface area contributed by atoms with Gasteiger partial charge in [0.1, 0.15) is 0 Å². The largest absolute Gasteiger partial charge is 0.394 e. The summed E-state index contributed by atoms with van der Waals surface area (Å²) in [4.78, 5) is 0.226. The highest BCUT2D eigenvalue weighted by atomic mass is 35.5. The predicted molar refractivity (Wildman–Crippen MR) is 71.6 cm³/mol. The lowest BCUT2D eigenvalue weighted by molar-refractivity contribution is -0.0304. The predicted octanol–water partition coefficient (Wildman–Crippen LogP) is 0.807. The fourth-order valence-corrected chi connectivity index (χ4v) is 4.02. The molecule has 1 fully saturated rings. The second kappa shape index (κ2) is 6.19.